The Morgan fingerprint density at radius 1 is 1.20 bits per heavy atom. The fourth-order valence-corrected chi connectivity index (χ4v) is 3.28. The van der Waals surface area contributed by atoms with E-state index >= 15 is 0 Å². The van der Waals surface area contributed by atoms with Gasteiger partial charge in [0.1, 0.15) is 0 Å². The van der Waals surface area contributed by atoms with Gasteiger partial charge in [-0.1, -0.05) is 26.7 Å². The minimum absolute atomic E-state index is 0.634. The maximum Gasteiger partial charge on any atom is 0.0124 e. The lowest BCUT2D eigenvalue weighted by Crippen LogP contribution is -2.40. The van der Waals surface area contributed by atoms with Gasteiger partial charge in [0, 0.05) is 25.2 Å². The van der Waals surface area contributed by atoms with E-state index in [1.54, 1.807) is 0 Å². The van der Waals surface area contributed by atoms with Crippen LogP contribution in [0.5, 0.6) is 0 Å². The molecule has 1 saturated carbocycles. The lowest BCUT2D eigenvalue weighted by Gasteiger charge is -2.31. The Kier molecular flexibility index (Phi) is 4.04. The van der Waals surface area contributed by atoms with Gasteiger partial charge >= 0.3 is 0 Å². The molecule has 2 unspecified atom stereocenters. The van der Waals surface area contributed by atoms with Gasteiger partial charge in [-0.3, -0.25) is 4.90 Å². The molecule has 88 valence electrons. The summed E-state index contributed by atoms with van der Waals surface area (Å²) in [6.07, 6.45) is 7.38. The van der Waals surface area contributed by atoms with Crippen molar-refractivity contribution < 1.29 is 0 Å². The average molecular weight is 210 g/mol. The standard InChI is InChI=1S/C13H26N2/c1-11(2)14-8-10-15-9-7-12-5-3-4-6-13(12)15/h11-14H,3-10H2,1-2H3. The summed E-state index contributed by atoms with van der Waals surface area (Å²) in [5.41, 5.74) is 0. The van der Waals surface area contributed by atoms with Crippen LogP contribution in [0.3, 0.4) is 0 Å². The highest BCUT2D eigenvalue weighted by Gasteiger charge is 2.34. The monoisotopic (exact) mass is 210 g/mol. The molecule has 0 aromatic carbocycles. The SMILES string of the molecule is CC(C)NCCN1CCC2CCCCC21. The van der Waals surface area contributed by atoms with Crippen LogP contribution in [0.1, 0.15) is 46.0 Å². The second-order valence-electron chi connectivity index (χ2n) is 5.55. The molecule has 2 atom stereocenters. The summed E-state index contributed by atoms with van der Waals surface area (Å²) in [4.78, 5) is 2.74. The first-order valence-electron chi connectivity index (χ1n) is 6.75. The summed E-state index contributed by atoms with van der Waals surface area (Å²) < 4.78 is 0. The smallest absolute Gasteiger partial charge is 0.0124 e. The zero-order valence-corrected chi connectivity index (χ0v) is 10.3. The van der Waals surface area contributed by atoms with Gasteiger partial charge in [0.2, 0.25) is 0 Å². The van der Waals surface area contributed by atoms with E-state index in [-0.39, 0.29) is 0 Å². The van der Waals surface area contributed by atoms with Crippen LogP contribution in [-0.2, 0) is 0 Å². The number of hydrogen-bond acceptors (Lipinski definition) is 2. The maximum atomic E-state index is 3.53. The quantitative estimate of drug-likeness (QED) is 0.765. The van der Waals surface area contributed by atoms with Gasteiger partial charge in [-0.2, -0.15) is 0 Å². The number of likely N-dealkylation sites (tertiary alicyclic amines) is 1. The Hall–Kier alpha value is -0.0800. The molecule has 0 radical (unpaired) electrons. The number of fused-ring (bicyclic) bond motifs is 1. The molecule has 2 heteroatoms. The number of hydrogen-bond donors (Lipinski definition) is 1. The predicted octanol–water partition coefficient (Wildman–Crippen LogP) is 2.25. The van der Waals surface area contributed by atoms with Gasteiger partial charge < -0.3 is 5.32 Å². The molecule has 0 spiro atoms. The van der Waals surface area contributed by atoms with Crippen LogP contribution in [0, 0.1) is 5.92 Å². The lowest BCUT2D eigenvalue weighted by atomic mass is 9.85. The van der Waals surface area contributed by atoms with Crippen LogP contribution < -0.4 is 5.32 Å². The van der Waals surface area contributed by atoms with E-state index < -0.39 is 0 Å². The van der Waals surface area contributed by atoms with Crippen molar-refractivity contribution in [3.05, 3.63) is 0 Å². The van der Waals surface area contributed by atoms with Gasteiger partial charge in [-0.15, -0.1) is 0 Å². The number of nitrogens with zero attached hydrogens (tertiary/aromatic N) is 1. The molecule has 0 aromatic heterocycles. The molecule has 15 heavy (non-hydrogen) atoms. The summed E-state index contributed by atoms with van der Waals surface area (Å²) in [6, 6.07) is 1.57. The van der Waals surface area contributed by atoms with E-state index in [0.717, 1.165) is 12.0 Å². The Balaban J connectivity index is 1.73. The Morgan fingerprint density at radius 3 is 2.80 bits per heavy atom. The molecule has 2 fully saturated rings. The first kappa shape index (κ1) is 11.4. The third-order valence-corrected chi connectivity index (χ3v) is 4.08. The minimum atomic E-state index is 0.634. The molecule has 1 N–H and O–H groups in total. The lowest BCUT2D eigenvalue weighted by molar-refractivity contribution is 0.182. The summed E-state index contributed by atoms with van der Waals surface area (Å²) in [5, 5.41) is 3.53. The van der Waals surface area contributed by atoms with Crippen LogP contribution in [-0.4, -0.2) is 36.6 Å². The van der Waals surface area contributed by atoms with E-state index in [9.17, 15) is 0 Å². The maximum absolute atomic E-state index is 3.53. The largest absolute Gasteiger partial charge is 0.313 e. The van der Waals surface area contributed by atoms with Crippen molar-refractivity contribution in [3.8, 4) is 0 Å². The van der Waals surface area contributed by atoms with E-state index in [4.69, 9.17) is 0 Å². The Morgan fingerprint density at radius 2 is 2.00 bits per heavy atom. The highest BCUT2D eigenvalue weighted by molar-refractivity contribution is 4.89. The second-order valence-corrected chi connectivity index (χ2v) is 5.55. The van der Waals surface area contributed by atoms with Gasteiger partial charge in [-0.05, 0) is 31.7 Å². The van der Waals surface area contributed by atoms with Gasteiger partial charge in [0.15, 0.2) is 0 Å². The zero-order chi connectivity index (χ0) is 10.7. The Labute approximate surface area is 94.4 Å². The summed E-state index contributed by atoms with van der Waals surface area (Å²) in [7, 11) is 0. The number of rotatable bonds is 4. The van der Waals surface area contributed by atoms with Crippen molar-refractivity contribution in [2.24, 2.45) is 5.92 Å². The van der Waals surface area contributed by atoms with Crippen molar-refractivity contribution in [2.45, 2.75) is 58.0 Å². The first-order valence-corrected chi connectivity index (χ1v) is 6.75. The molecule has 0 amide bonds. The highest BCUT2D eigenvalue weighted by Crippen LogP contribution is 2.35. The van der Waals surface area contributed by atoms with Gasteiger partial charge in [0.05, 0.1) is 0 Å². The van der Waals surface area contributed by atoms with Crippen molar-refractivity contribution in [1.82, 2.24) is 10.2 Å². The normalized spacial score (nSPS) is 32.2. The average Bonchev–Trinajstić information content (AvgIpc) is 2.62. The molecule has 1 aliphatic heterocycles. The molecule has 2 nitrogen and oxygen atoms in total. The van der Waals surface area contributed by atoms with E-state index in [2.05, 4.69) is 24.1 Å². The number of nitrogens with one attached hydrogen (secondary N) is 1. The highest BCUT2D eigenvalue weighted by atomic mass is 15.2. The van der Waals surface area contributed by atoms with Gasteiger partial charge in [-0.25, -0.2) is 0 Å². The topological polar surface area (TPSA) is 15.3 Å². The van der Waals surface area contributed by atoms with Crippen LogP contribution in [0.15, 0.2) is 0 Å². The first-order chi connectivity index (χ1) is 7.27. The van der Waals surface area contributed by atoms with Gasteiger partial charge in [0.25, 0.3) is 0 Å². The Bertz CT molecular complexity index is 191. The fraction of sp³-hybridized carbons (Fsp3) is 1.00. The molecule has 0 bridgehead atoms. The molecule has 1 aliphatic carbocycles. The fourth-order valence-electron chi connectivity index (χ4n) is 3.28. The van der Waals surface area contributed by atoms with Crippen molar-refractivity contribution >= 4 is 0 Å². The van der Waals surface area contributed by atoms with E-state index in [0.29, 0.717) is 6.04 Å². The van der Waals surface area contributed by atoms with Crippen LogP contribution in [0.25, 0.3) is 0 Å². The minimum Gasteiger partial charge on any atom is -0.313 e. The van der Waals surface area contributed by atoms with Crippen LogP contribution in [0.2, 0.25) is 0 Å². The molecule has 2 aliphatic rings. The summed E-state index contributed by atoms with van der Waals surface area (Å²) >= 11 is 0. The summed E-state index contributed by atoms with van der Waals surface area (Å²) in [6.45, 7) is 8.25. The third kappa shape index (κ3) is 2.94. The van der Waals surface area contributed by atoms with Crippen molar-refractivity contribution in [2.75, 3.05) is 19.6 Å². The zero-order valence-electron chi connectivity index (χ0n) is 10.3. The molecule has 2 rings (SSSR count). The molecular weight excluding hydrogens is 184 g/mol. The van der Waals surface area contributed by atoms with E-state index in [1.807, 2.05) is 0 Å². The van der Waals surface area contributed by atoms with E-state index in [1.165, 1.54) is 51.7 Å². The van der Waals surface area contributed by atoms with Crippen molar-refractivity contribution in [1.29, 1.82) is 0 Å². The predicted molar refractivity (Wildman–Crippen MR) is 65.1 cm³/mol. The van der Waals surface area contributed by atoms with Crippen molar-refractivity contribution in [3.63, 3.8) is 0 Å². The summed E-state index contributed by atoms with van der Waals surface area (Å²) in [5.74, 6) is 1.04. The third-order valence-electron chi connectivity index (χ3n) is 4.08. The van der Waals surface area contributed by atoms with Crippen LogP contribution >= 0.6 is 0 Å². The molecule has 1 saturated heterocycles. The molecule has 1 heterocycles. The second kappa shape index (κ2) is 5.31. The van der Waals surface area contributed by atoms with Crippen LogP contribution in [0.4, 0.5) is 0 Å². The molecular formula is C13H26N2. The molecule has 0 aromatic rings.